The standard InChI is InChI=1S/C28H40O2/c1-20(2)11-8-12-21(3)13-9-14-22(4)15-10-16-23(5)17-18-26-19-27(29)24(6)25(7)28(26)30/h11,13,15,17,19H,8-10,12,14,16,18H2,1-7H3. The van der Waals surface area contributed by atoms with E-state index in [1.165, 1.54) is 28.4 Å². The summed E-state index contributed by atoms with van der Waals surface area (Å²) in [5.74, 6) is -0.0240. The van der Waals surface area contributed by atoms with Crippen LogP contribution in [0.25, 0.3) is 0 Å². The molecule has 0 aromatic heterocycles. The van der Waals surface area contributed by atoms with Crippen molar-refractivity contribution >= 4 is 11.6 Å². The highest BCUT2D eigenvalue weighted by Gasteiger charge is 2.21. The molecule has 0 N–H and O–H groups in total. The molecule has 0 unspecified atom stereocenters. The molecular formula is C28H40O2. The van der Waals surface area contributed by atoms with Gasteiger partial charge in [-0.3, -0.25) is 9.59 Å². The first-order valence-corrected chi connectivity index (χ1v) is 11.2. The number of carbonyl (C=O) groups excluding carboxylic acids is 2. The zero-order chi connectivity index (χ0) is 22.7. The van der Waals surface area contributed by atoms with Crippen molar-refractivity contribution in [2.45, 2.75) is 93.4 Å². The van der Waals surface area contributed by atoms with E-state index >= 15 is 0 Å². The zero-order valence-electron chi connectivity index (χ0n) is 20.2. The fraction of sp³-hybridized carbons (Fsp3) is 0.500. The first-order valence-electron chi connectivity index (χ1n) is 11.2. The van der Waals surface area contributed by atoms with E-state index < -0.39 is 0 Å². The lowest BCUT2D eigenvalue weighted by molar-refractivity contribution is -0.115. The van der Waals surface area contributed by atoms with Gasteiger partial charge in [0.2, 0.25) is 0 Å². The minimum Gasteiger partial charge on any atom is -0.290 e. The number of ketones is 2. The molecule has 0 bridgehead atoms. The van der Waals surface area contributed by atoms with Gasteiger partial charge in [0.05, 0.1) is 0 Å². The van der Waals surface area contributed by atoms with Crippen LogP contribution in [0.5, 0.6) is 0 Å². The van der Waals surface area contributed by atoms with E-state index in [4.69, 9.17) is 0 Å². The third-order valence-electron chi connectivity index (χ3n) is 5.69. The van der Waals surface area contributed by atoms with Crippen LogP contribution >= 0.6 is 0 Å². The first kappa shape index (κ1) is 25.8. The smallest absolute Gasteiger partial charge is 0.185 e. The van der Waals surface area contributed by atoms with Crippen molar-refractivity contribution in [2.24, 2.45) is 0 Å². The van der Waals surface area contributed by atoms with Crippen molar-refractivity contribution in [1.82, 2.24) is 0 Å². The van der Waals surface area contributed by atoms with E-state index in [9.17, 15) is 9.59 Å². The molecule has 0 amide bonds. The summed E-state index contributed by atoms with van der Waals surface area (Å²) in [5, 5.41) is 0. The first-order chi connectivity index (χ1) is 14.1. The normalized spacial score (nSPS) is 16.2. The molecular weight excluding hydrogens is 368 g/mol. The van der Waals surface area contributed by atoms with E-state index in [0.29, 0.717) is 23.1 Å². The Morgan fingerprint density at radius 3 is 1.67 bits per heavy atom. The van der Waals surface area contributed by atoms with Gasteiger partial charge in [-0.05, 0) is 99.5 Å². The molecule has 0 radical (unpaired) electrons. The highest BCUT2D eigenvalue weighted by molar-refractivity contribution is 6.22. The Labute approximate surface area is 184 Å². The van der Waals surface area contributed by atoms with Crippen LogP contribution in [0.2, 0.25) is 0 Å². The molecule has 0 aromatic carbocycles. The molecule has 0 saturated heterocycles. The van der Waals surface area contributed by atoms with Gasteiger partial charge in [-0.2, -0.15) is 0 Å². The monoisotopic (exact) mass is 408 g/mol. The van der Waals surface area contributed by atoms with E-state index in [2.05, 4.69) is 58.9 Å². The number of allylic oxidation sites excluding steroid dienone is 12. The molecule has 0 aliphatic heterocycles. The largest absolute Gasteiger partial charge is 0.290 e. The van der Waals surface area contributed by atoms with Crippen molar-refractivity contribution in [3.05, 3.63) is 69.4 Å². The Kier molecular flexibility index (Phi) is 11.3. The molecule has 30 heavy (non-hydrogen) atoms. The lowest BCUT2D eigenvalue weighted by Gasteiger charge is -2.13. The van der Waals surface area contributed by atoms with Crippen LogP contribution in [-0.2, 0) is 9.59 Å². The van der Waals surface area contributed by atoms with Gasteiger partial charge in [-0.1, -0.05) is 46.6 Å². The number of Topliss-reactive ketones (excluding diaryl/α,β-unsaturated/α-hetero) is 1. The molecule has 0 atom stereocenters. The minimum atomic E-state index is -0.0343. The van der Waals surface area contributed by atoms with Gasteiger partial charge < -0.3 is 0 Å². The average molecular weight is 409 g/mol. The molecule has 0 aromatic rings. The van der Waals surface area contributed by atoms with Crippen LogP contribution in [-0.4, -0.2) is 11.6 Å². The van der Waals surface area contributed by atoms with Gasteiger partial charge in [0.15, 0.2) is 11.6 Å². The summed E-state index contributed by atoms with van der Waals surface area (Å²) in [6.45, 7) is 14.3. The summed E-state index contributed by atoms with van der Waals surface area (Å²) >= 11 is 0. The lowest BCUT2D eigenvalue weighted by atomic mass is 9.89. The molecule has 0 spiro atoms. The molecule has 2 heteroatoms. The highest BCUT2D eigenvalue weighted by Crippen LogP contribution is 2.22. The molecule has 2 nitrogen and oxygen atoms in total. The van der Waals surface area contributed by atoms with Crippen LogP contribution in [0, 0.1) is 0 Å². The summed E-state index contributed by atoms with van der Waals surface area (Å²) in [4.78, 5) is 24.2. The number of hydrogen-bond acceptors (Lipinski definition) is 2. The SMILES string of the molecule is CC(C)=CCCC(C)=CCCC(C)=CCCC(C)=CCC1=CC(=O)C(C)=C(C)C1=O. The second-order valence-corrected chi connectivity index (χ2v) is 8.87. The Morgan fingerprint density at radius 2 is 1.17 bits per heavy atom. The molecule has 1 aliphatic rings. The fourth-order valence-corrected chi connectivity index (χ4v) is 3.35. The van der Waals surface area contributed by atoms with Crippen molar-refractivity contribution in [3.63, 3.8) is 0 Å². The quantitative estimate of drug-likeness (QED) is 0.257. The average Bonchev–Trinajstić information content (AvgIpc) is 2.67. The second kappa shape index (κ2) is 13.2. The Balaban J connectivity index is 2.40. The molecule has 0 heterocycles. The minimum absolute atomic E-state index is 0.0103. The third kappa shape index (κ3) is 9.52. The maximum absolute atomic E-state index is 12.3. The highest BCUT2D eigenvalue weighted by atomic mass is 16.1. The number of carbonyl (C=O) groups is 2. The summed E-state index contributed by atoms with van der Waals surface area (Å²) < 4.78 is 0. The van der Waals surface area contributed by atoms with Crippen LogP contribution in [0.1, 0.15) is 93.4 Å². The summed E-state index contributed by atoms with van der Waals surface area (Å²) in [5.41, 5.74) is 7.34. The van der Waals surface area contributed by atoms with Crippen LogP contribution < -0.4 is 0 Å². The van der Waals surface area contributed by atoms with E-state index in [1.807, 2.05) is 0 Å². The molecule has 0 saturated carbocycles. The predicted octanol–water partition coefficient (Wildman–Crippen LogP) is 7.94. The van der Waals surface area contributed by atoms with Crippen molar-refractivity contribution in [3.8, 4) is 0 Å². The maximum atomic E-state index is 12.3. The van der Waals surface area contributed by atoms with Crippen molar-refractivity contribution in [1.29, 1.82) is 0 Å². The Morgan fingerprint density at radius 1 is 0.700 bits per heavy atom. The van der Waals surface area contributed by atoms with Gasteiger partial charge >= 0.3 is 0 Å². The van der Waals surface area contributed by atoms with Gasteiger partial charge in [-0.15, -0.1) is 0 Å². The summed E-state index contributed by atoms with van der Waals surface area (Å²) in [6, 6.07) is 0. The van der Waals surface area contributed by atoms with Gasteiger partial charge in [0, 0.05) is 16.7 Å². The van der Waals surface area contributed by atoms with E-state index in [1.54, 1.807) is 13.8 Å². The molecule has 164 valence electrons. The van der Waals surface area contributed by atoms with Crippen molar-refractivity contribution in [2.75, 3.05) is 0 Å². The van der Waals surface area contributed by atoms with Gasteiger partial charge in [0.25, 0.3) is 0 Å². The van der Waals surface area contributed by atoms with Crippen LogP contribution in [0.4, 0.5) is 0 Å². The van der Waals surface area contributed by atoms with Crippen LogP contribution in [0.3, 0.4) is 0 Å². The summed E-state index contributed by atoms with van der Waals surface area (Å²) in [6.07, 6.45) is 17.6. The number of rotatable bonds is 11. The Hall–Kier alpha value is -2.22. The van der Waals surface area contributed by atoms with Gasteiger partial charge in [-0.25, -0.2) is 0 Å². The van der Waals surface area contributed by atoms with Gasteiger partial charge in [0.1, 0.15) is 0 Å². The molecule has 0 fully saturated rings. The van der Waals surface area contributed by atoms with Crippen molar-refractivity contribution < 1.29 is 9.59 Å². The third-order valence-corrected chi connectivity index (χ3v) is 5.69. The molecule has 1 rings (SSSR count). The lowest BCUT2D eigenvalue weighted by Crippen LogP contribution is -2.16. The fourth-order valence-electron chi connectivity index (χ4n) is 3.35. The van der Waals surface area contributed by atoms with E-state index in [-0.39, 0.29) is 11.6 Å². The second-order valence-electron chi connectivity index (χ2n) is 8.87. The predicted molar refractivity (Wildman–Crippen MR) is 129 cm³/mol. The number of hydrogen-bond donors (Lipinski definition) is 0. The Bertz CT molecular complexity index is 819. The maximum Gasteiger partial charge on any atom is 0.185 e. The molecule has 1 aliphatic carbocycles. The summed E-state index contributed by atoms with van der Waals surface area (Å²) in [7, 11) is 0. The van der Waals surface area contributed by atoms with Crippen LogP contribution in [0.15, 0.2) is 69.4 Å². The topological polar surface area (TPSA) is 34.1 Å². The van der Waals surface area contributed by atoms with E-state index in [0.717, 1.165) is 38.5 Å². The zero-order valence-corrected chi connectivity index (χ0v) is 20.2.